The molecule has 7 heteroatoms. The van der Waals surface area contributed by atoms with E-state index < -0.39 is 19.2 Å². The van der Waals surface area contributed by atoms with Crippen molar-refractivity contribution in [3.8, 4) is 5.88 Å². The van der Waals surface area contributed by atoms with Gasteiger partial charge in [0.15, 0.2) is 0 Å². The van der Waals surface area contributed by atoms with Gasteiger partial charge in [-0.3, -0.25) is 0 Å². The lowest BCUT2D eigenvalue weighted by Gasteiger charge is -2.10. The number of hydrogen-bond donors (Lipinski definition) is 1. The first-order chi connectivity index (χ1) is 8.92. The van der Waals surface area contributed by atoms with Crippen LogP contribution in [0.5, 0.6) is 5.88 Å². The number of ether oxygens (including phenoxy) is 1. The van der Waals surface area contributed by atoms with Crippen molar-refractivity contribution in [2.75, 3.05) is 13.2 Å². The molecular formula is C12H16ClF3N2O. The molecule has 0 atom stereocenters. The lowest BCUT2D eigenvalue weighted by molar-refractivity contribution is -0.139. The van der Waals surface area contributed by atoms with Crippen molar-refractivity contribution in [3.63, 3.8) is 0 Å². The second kappa shape index (κ2) is 7.55. The molecule has 0 aliphatic rings. The fourth-order valence-corrected chi connectivity index (χ4v) is 1.50. The zero-order valence-corrected chi connectivity index (χ0v) is 11.3. The molecule has 0 radical (unpaired) electrons. The monoisotopic (exact) mass is 296 g/mol. The molecule has 1 heterocycles. The van der Waals surface area contributed by atoms with Crippen LogP contribution in [0.2, 0.25) is 5.02 Å². The molecule has 1 rings (SSSR count). The summed E-state index contributed by atoms with van der Waals surface area (Å²) in [5.74, 6) is 0.155. The maximum atomic E-state index is 12.0. The highest BCUT2D eigenvalue weighted by Gasteiger charge is 2.26. The van der Waals surface area contributed by atoms with Gasteiger partial charge in [0, 0.05) is 12.6 Å². The van der Waals surface area contributed by atoms with Crippen molar-refractivity contribution in [2.24, 2.45) is 0 Å². The zero-order chi connectivity index (χ0) is 14.3. The molecule has 1 aromatic heterocycles. The maximum Gasteiger partial charge on any atom is 0.392 e. The standard InChI is InChI=1S/C12H16ClF3N2O/c1-2-6-17-8-10-9(13)3-4-11(18-10)19-7-5-12(14,15)16/h3-4,17H,2,5-8H2,1H3. The minimum Gasteiger partial charge on any atom is -0.477 e. The highest BCUT2D eigenvalue weighted by Crippen LogP contribution is 2.21. The molecule has 0 saturated heterocycles. The molecule has 0 spiro atoms. The number of nitrogens with zero attached hydrogens (tertiary/aromatic N) is 1. The van der Waals surface area contributed by atoms with Gasteiger partial charge in [-0.25, -0.2) is 4.98 Å². The highest BCUT2D eigenvalue weighted by molar-refractivity contribution is 6.31. The van der Waals surface area contributed by atoms with Gasteiger partial charge < -0.3 is 10.1 Å². The molecule has 0 aliphatic heterocycles. The van der Waals surface area contributed by atoms with Gasteiger partial charge >= 0.3 is 6.18 Å². The van der Waals surface area contributed by atoms with Gasteiger partial charge in [-0.1, -0.05) is 18.5 Å². The van der Waals surface area contributed by atoms with Gasteiger partial charge in [0.2, 0.25) is 5.88 Å². The Morgan fingerprint density at radius 1 is 1.37 bits per heavy atom. The van der Waals surface area contributed by atoms with E-state index in [-0.39, 0.29) is 5.88 Å². The van der Waals surface area contributed by atoms with Gasteiger partial charge in [0.25, 0.3) is 0 Å². The predicted molar refractivity (Wildman–Crippen MR) is 67.4 cm³/mol. The fourth-order valence-electron chi connectivity index (χ4n) is 1.32. The number of pyridine rings is 1. The maximum absolute atomic E-state index is 12.0. The Bertz CT molecular complexity index is 399. The fraction of sp³-hybridized carbons (Fsp3) is 0.583. The van der Waals surface area contributed by atoms with E-state index >= 15 is 0 Å². The average Bonchev–Trinajstić information content (AvgIpc) is 2.31. The van der Waals surface area contributed by atoms with Crippen molar-refractivity contribution in [1.29, 1.82) is 0 Å². The predicted octanol–water partition coefficient (Wildman–Crippen LogP) is 3.57. The van der Waals surface area contributed by atoms with Crippen LogP contribution in [0.3, 0.4) is 0 Å². The third-order valence-electron chi connectivity index (χ3n) is 2.25. The average molecular weight is 297 g/mol. The first kappa shape index (κ1) is 16.0. The van der Waals surface area contributed by atoms with Crippen molar-refractivity contribution in [3.05, 3.63) is 22.8 Å². The summed E-state index contributed by atoms with van der Waals surface area (Å²) in [6.45, 7) is 2.86. The third kappa shape index (κ3) is 6.63. The normalized spacial score (nSPS) is 11.6. The summed E-state index contributed by atoms with van der Waals surface area (Å²) < 4.78 is 40.9. The van der Waals surface area contributed by atoms with E-state index in [1.54, 1.807) is 6.07 Å². The Morgan fingerprint density at radius 3 is 2.74 bits per heavy atom. The third-order valence-corrected chi connectivity index (χ3v) is 2.59. The molecule has 1 aromatic rings. The Balaban J connectivity index is 2.53. The molecular weight excluding hydrogens is 281 g/mol. The van der Waals surface area contributed by atoms with Crippen molar-refractivity contribution < 1.29 is 17.9 Å². The Morgan fingerprint density at radius 2 is 2.11 bits per heavy atom. The second-order valence-electron chi connectivity index (χ2n) is 3.97. The van der Waals surface area contributed by atoms with Crippen LogP contribution in [0, 0.1) is 0 Å². The van der Waals surface area contributed by atoms with Crippen LogP contribution in [0.1, 0.15) is 25.5 Å². The summed E-state index contributed by atoms with van der Waals surface area (Å²) in [5.41, 5.74) is 0.569. The second-order valence-corrected chi connectivity index (χ2v) is 4.38. The first-order valence-corrected chi connectivity index (χ1v) is 6.36. The number of nitrogens with one attached hydrogen (secondary N) is 1. The summed E-state index contributed by atoms with van der Waals surface area (Å²) in [5, 5.41) is 3.58. The molecule has 0 fully saturated rings. The molecule has 0 unspecified atom stereocenters. The topological polar surface area (TPSA) is 34.2 Å². The Kier molecular flexibility index (Phi) is 6.37. The lowest BCUT2D eigenvalue weighted by Crippen LogP contribution is -2.16. The quantitative estimate of drug-likeness (QED) is 0.781. The van der Waals surface area contributed by atoms with Crippen molar-refractivity contribution in [2.45, 2.75) is 32.5 Å². The molecule has 0 saturated carbocycles. The van der Waals surface area contributed by atoms with E-state index in [1.165, 1.54) is 6.07 Å². The van der Waals surface area contributed by atoms with E-state index in [4.69, 9.17) is 16.3 Å². The SMILES string of the molecule is CCCNCc1nc(OCCC(F)(F)F)ccc1Cl. The Hall–Kier alpha value is -1.01. The van der Waals surface area contributed by atoms with Crippen LogP contribution in [0.4, 0.5) is 13.2 Å². The molecule has 0 aromatic carbocycles. The minimum atomic E-state index is -4.22. The van der Waals surface area contributed by atoms with E-state index in [0.29, 0.717) is 17.3 Å². The summed E-state index contributed by atoms with van der Waals surface area (Å²) in [7, 11) is 0. The molecule has 1 N–H and O–H groups in total. The van der Waals surface area contributed by atoms with Crippen molar-refractivity contribution in [1.82, 2.24) is 10.3 Å². The first-order valence-electron chi connectivity index (χ1n) is 5.98. The van der Waals surface area contributed by atoms with Gasteiger partial charge in [-0.05, 0) is 19.0 Å². The summed E-state index contributed by atoms with van der Waals surface area (Å²) in [6.07, 6.45) is -4.25. The Labute approximate surface area is 115 Å². The smallest absolute Gasteiger partial charge is 0.392 e. The number of hydrogen-bond acceptors (Lipinski definition) is 3. The molecule has 0 bridgehead atoms. The number of alkyl halides is 3. The summed E-state index contributed by atoms with van der Waals surface area (Å²) in [4.78, 5) is 4.08. The van der Waals surface area contributed by atoms with E-state index in [2.05, 4.69) is 10.3 Å². The molecule has 19 heavy (non-hydrogen) atoms. The zero-order valence-electron chi connectivity index (χ0n) is 10.6. The lowest BCUT2D eigenvalue weighted by atomic mass is 10.3. The van der Waals surface area contributed by atoms with Crippen LogP contribution in [0.25, 0.3) is 0 Å². The van der Waals surface area contributed by atoms with Crippen LogP contribution in [-0.4, -0.2) is 24.3 Å². The molecule has 3 nitrogen and oxygen atoms in total. The largest absolute Gasteiger partial charge is 0.477 e. The van der Waals surface area contributed by atoms with Crippen LogP contribution in [-0.2, 0) is 6.54 Å². The van der Waals surface area contributed by atoms with E-state index in [9.17, 15) is 13.2 Å². The molecule has 108 valence electrons. The molecule has 0 aliphatic carbocycles. The van der Waals surface area contributed by atoms with Gasteiger partial charge in [0.05, 0.1) is 23.7 Å². The highest BCUT2D eigenvalue weighted by atomic mass is 35.5. The van der Waals surface area contributed by atoms with Crippen molar-refractivity contribution >= 4 is 11.6 Å². The number of aromatic nitrogens is 1. The van der Waals surface area contributed by atoms with Crippen LogP contribution >= 0.6 is 11.6 Å². The summed E-state index contributed by atoms with van der Waals surface area (Å²) in [6, 6.07) is 3.03. The van der Waals surface area contributed by atoms with E-state index in [1.807, 2.05) is 6.92 Å². The number of rotatable bonds is 7. The summed E-state index contributed by atoms with van der Waals surface area (Å²) >= 11 is 5.94. The van der Waals surface area contributed by atoms with Gasteiger partial charge in [0.1, 0.15) is 0 Å². The van der Waals surface area contributed by atoms with Crippen LogP contribution in [0.15, 0.2) is 12.1 Å². The van der Waals surface area contributed by atoms with Crippen LogP contribution < -0.4 is 10.1 Å². The van der Waals surface area contributed by atoms with Gasteiger partial charge in [-0.15, -0.1) is 0 Å². The number of halogens is 4. The van der Waals surface area contributed by atoms with Gasteiger partial charge in [-0.2, -0.15) is 13.2 Å². The minimum absolute atomic E-state index is 0.155. The molecule has 0 amide bonds. The van der Waals surface area contributed by atoms with E-state index in [0.717, 1.165) is 13.0 Å².